The number of anilines is 2. The zero-order valence-electron chi connectivity index (χ0n) is 18.4. The van der Waals surface area contributed by atoms with Crippen LogP contribution in [-0.4, -0.2) is 12.3 Å². The summed E-state index contributed by atoms with van der Waals surface area (Å²) in [6.45, 7) is 4.43. The Morgan fingerprint density at radius 3 is 1.75 bits per heavy atom. The maximum atomic E-state index is 4.85. The van der Waals surface area contributed by atoms with E-state index in [1.807, 2.05) is 6.21 Å². The lowest BCUT2D eigenvalue weighted by Gasteiger charge is -2.29. The van der Waals surface area contributed by atoms with E-state index in [2.05, 4.69) is 128 Å². The predicted octanol–water partition coefficient (Wildman–Crippen LogP) is 8.29. The van der Waals surface area contributed by atoms with Crippen molar-refractivity contribution < 1.29 is 0 Å². The molecule has 5 rings (SSSR count). The summed E-state index contributed by atoms with van der Waals surface area (Å²) in [5, 5.41) is 4.92. The SMILES string of the molecule is CC(C)N(c1ccccc1)c1ccc(N=Cc2c3ccccc3cc3ccccc23)cc1. The average Bonchev–Trinajstić information content (AvgIpc) is 2.83. The molecule has 0 fully saturated rings. The molecular formula is C30H26N2. The highest BCUT2D eigenvalue weighted by molar-refractivity contribution is 6.13. The van der Waals surface area contributed by atoms with Crippen LogP contribution in [0.4, 0.5) is 17.1 Å². The molecule has 0 unspecified atom stereocenters. The van der Waals surface area contributed by atoms with E-state index in [-0.39, 0.29) is 0 Å². The Labute approximate surface area is 189 Å². The summed E-state index contributed by atoms with van der Waals surface area (Å²) >= 11 is 0. The van der Waals surface area contributed by atoms with E-state index >= 15 is 0 Å². The van der Waals surface area contributed by atoms with Crippen LogP contribution >= 0.6 is 0 Å². The zero-order chi connectivity index (χ0) is 21.9. The van der Waals surface area contributed by atoms with E-state index in [1.165, 1.54) is 32.9 Å². The first-order chi connectivity index (χ1) is 15.7. The average molecular weight is 415 g/mol. The van der Waals surface area contributed by atoms with Gasteiger partial charge in [-0.25, -0.2) is 0 Å². The van der Waals surface area contributed by atoms with Crippen LogP contribution in [0.1, 0.15) is 19.4 Å². The number of hydrogen-bond acceptors (Lipinski definition) is 2. The molecule has 2 heteroatoms. The minimum absolute atomic E-state index is 0.355. The van der Waals surface area contributed by atoms with E-state index < -0.39 is 0 Å². The summed E-state index contributed by atoms with van der Waals surface area (Å²) in [6.07, 6.45) is 2.01. The van der Waals surface area contributed by atoms with Gasteiger partial charge in [-0.3, -0.25) is 4.99 Å². The highest BCUT2D eigenvalue weighted by Gasteiger charge is 2.12. The Hall–Kier alpha value is -3.91. The summed E-state index contributed by atoms with van der Waals surface area (Å²) in [6, 6.07) is 38.7. The Bertz CT molecular complexity index is 1330. The number of aliphatic imine (C=N–C) groups is 1. The normalized spacial score (nSPS) is 11.6. The Morgan fingerprint density at radius 2 is 1.16 bits per heavy atom. The quantitative estimate of drug-likeness (QED) is 0.209. The van der Waals surface area contributed by atoms with Crippen LogP contribution in [0.3, 0.4) is 0 Å². The van der Waals surface area contributed by atoms with E-state index in [0.29, 0.717) is 6.04 Å². The standard InChI is InChI=1S/C30H26N2/c1-22(2)32(26-12-4-3-5-13-26)27-18-16-25(17-19-27)31-21-30-28-14-8-6-10-23(28)20-24-11-7-9-15-29(24)30/h3-22H,1-2H3. The van der Waals surface area contributed by atoms with Crippen molar-refractivity contribution in [2.24, 2.45) is 4.99 Å². The minimum atomic E-state index is 0.355. The van der Waals surface area contributed by atoms with Gasteiger partial charge in [0.05, 0.1) is 5.69 Å². The van der Waals surface area contributed by atoms with E-state index in [0.717, 1.165) is 11.3 Å². The van der Waals surface area contributed by atoms with Crippen molar-refractivity contribution in [3.63, 3.8) is 0 Å². The Balaban J connectivity index is 1.51. The van der Waals surface area contributed by atoms with E-state index in [4.69, 9.17) is 4.99 Å². The molecule has 0 saturated heterocycles. The zero-order valence-corrected chi connectivity index (χ0v) is 18.4. The second-order valence-corrected chi connectivity index (χ2v) is 8.31. The summed E-state index contributed by atoms with van der Waals surface area (Å²) < 4.78 is 0. The first kappa shape index (κ1) is 20.0. The molecule has 0 aliphatic carbocycles. The molecule has 5 aromatic rings. The fourth-order valence-electron chi connectivity index (χ4n) is 4.36. The molecule has 0 aromatic heterocycles. The van der Waals surface area contributed by atoms with Gasteiger partial charge in [0.1, 0.15) is 0 Å². The third-order valence-corrected chi connectivity index (χ3v) is 5.83. The second-order valence-electron chi connectivity index (χ2n) is 8.31. The lowest BCUT2D eigenvalue weighted by Crippen LogP contribution is -2.25. The molecule has 0 heterocycles. The van der Waals surface area contributed by atoms with Gasteiger partial charge in [-0.15, -0.1) is 0 Å². The monoisotopic (exact) mass is 414 g/mol. The summed E-state index contributed by atoms with van der Waals surface area (Å²) in [5.74, 6) is 0. The maximum Gasteiger partial charge on any atom is 0.0631 e. The van der Waals surface area contributed by atoms with Crippen molar-refractivity contribution >= 4 is 44.8 Å². The van der Waals surface area contributed by atoms with Crippen LogP contribution in [0, 0.1) is 0 Å². The van der Waals surface area contributed by atoms with Gasteiger partial charge in [0, 0.05) is 29.2 Å². The van der Waals surface area contributed by atoms with Crippen LogP contribution in [0.2, 0.25) is 0 Å². The fraction of sp³-hybridized carbons (Fsp3) is 0.100. The third-order valence-electron chi connectivity index (χ3n) is 5.83. The van der Waals surface area contributed by atoms with Crippen LogP contribution in [0.25, 0.3) is 21.5 Å². The van der Waals surface area contributed by atoms with Gasteiger partial charge in [-0.1, -0.05) is 66.7 Å². The van der Waals surface area contributed by atoms with Crippen molar-refractivity contribution in [1.82, 2.24) is 0 Å². The van der Waals surface area contributed by atoms with Crippen molar-refractivity contribution in [1.29, 1.82) is 0 Å². The summed E-state index contributed by atoms with van der Waals surface area (Å²) in [4.78, 5) is 7.19. The van der Waals surface area contributed by atoms with Gasteiger partial charge in [0.25, 0.3) is 0 Å². The predicted molar refractivity (Wildman–Crippen MR) is 139 cm³/mol. The molecule has 0 amide bonds. The van der Waals surface area contributed by atoms with Crippen LogP contribution < -0.4 is 4.90 Å². The minimum Gasteiger partial charge on any atom is -0.339 e. The fourth-order valence-corrected chi connectivity index (χ4v) is 4.36. The first-order valence-corrected chi connectivity index (χ1v) is 11.1. The van der Waals surface area contributed by atoms with Gasteiger partial charge in [0.2, 0.25) is 0 Å². The Morgan fingerprint density at radius 1 is 0.625 bits per heavy atom. The first-order valence-electron chi connectivity index (χ1n) is 11.1. The molecule has 0 aliphatic heterocycles. The number of benzene rings is 5. The molecule has 2 nitrogen and oxygen atoms in total. The molecule has 0 aliphatic rings. The molecule has 0 bridgehead atoms. The molecule has 32 heavy (non-hydrogen) atoms. The van der Waals surface area contributed by atoms with Crippen molar-refractivity contribution in [3.8, 4) is 0 Å². The van der Waals surface area contributed by atoms with Gasteiger partial charge in [-0.05, 0) is 77.9 Å². The maximum absolute atomic E-state index is 4.85. The molecule has 0 saturated carbocycles. The second kappa shape index (κ2) is 8.68. The van der Waals surface area contributed by atoms with Crippen LogP contribution in [-0.2, 0) is 0 Å². The van der Waals surface area contributed by atoms with Gasteiger partial charge >= 0.3 is 0 Å². The van der Waals surface area contributed by atoms with E-state index in [9.17, 15) is 0 Å². The topological polar surface area (TPSA) is 15.6 Å². The van der Waals surface area contributed by atoms with E-state index in [1.54, 1.807) is 0 Å². The number of para-hydroxylation sites is 1. The summed E-state index contributed by atoms with van der Waals surface area (Å²) in [5.41, 5.74) is 4.47. The Kier molecular flexibility index (Phi) is 5.43. The summed E-state index contributed by atoms with van der Waals surface area (Å²) in [7, 11) is 0. The van der Waals surface area contributed by atoms with Gasteiger partial charge < -0.3 is 4.90 Å². The number of nitrogens with zero attached hydrogens (tertiary/aromatic N) is 2. The largest absolute Gasteiger partial charge is 0.339 e. The van der Waals surface area contributed by atoms with Crippen LogP contribution in [0.15, 0.2) is 114 Å². The van der Waals surface area contributed by atoms with Crippen molar-refractivity contribution in [2.45, 2.75) is 19.9 Å². The highest BCUT2D eigenvalue weighted by atomic mass is 15.2. The molecule has 0 N–H and O–H groups in total. The van der Waals surface area contributed by atoms with Crippen molar-refractivity contribution in [3.05, 3.63) is 115 Å². The molecule has 0 atom stereocenters. The molecular weight excluding hydrogens is 388 g/mol. The number of hydrogen-bond donors (Lipinski definition) is 0. The number of fused-ring (bicyclic) bond motifs is 2. The molecule has 0 spiro atoms. The van der Waals surface area contributed by atoms with Crippen molar-refractivity contribution in [2.75, 3.05) is 4.90 Å². The lowest BCUT2D eigenvalue weighted by molar-refractivity contribution is 0.789. The lowest BCUT2D eigenvalue weighted by atomic mass is 9.97. The molecule has 156 valence electrons. The molecule has 5 aromatic carbocycles. The number of rotatable bonds is 5. The molecule has 0 radical (unpaired) electrons. The van der Waals surface area contributed by atoms with Gasteiger partial charge in [0.15, 0.2) is 0 Å². The van der Waals surface area contributed by atoms with Crippen LogP contribution in [0.5, 0.6) is 0 Å². The third kappa shape index (κ3) is 3.88. The smallest absolute Gasteiger partial charge is 0.0631 e. The van der Waals surface area contributed by atoms with Gasteiger partial charge in [-0.2, -0.15) is 0 Å². The highest BCUT2D eigenvalue weighted by Crippen LogP contribution is 2.30.